The van der Waals surface area contributed by atoms with E-state index in [-0.39, 0.29) is 29.6 Å². The molecule has 2 aromatic rings. The van der Waals surface area contributed by atoms with Gasteiger partial charge in [-0.3, -0.25) is 0 Å². The van der Waals surface area contributed by atoms with Crippen LogP contribution in [0, 0.1) is 5.82 Å². The summed E-state index contributed by atoms with van der Waals surface area (Å²) in [6, 6.07) is 9.29. The van der Waals surface area contributed by atoms with Gasteiger partial charge in [-0.05, 0) is 42.2 Å². The van der Waals surface area contributed by atoms with Gasteiger partial charge in [-0.1, -0.05) is 41.4 Å². The Labute approximate surface area is 159 Å². The molecule has 0 unspecified atom stereocenters. The van der Waals surface area contributed by atoms with Crippen molar-refractivity contribution in [2.24, 2.45) is 0 Å². The maximum Gasteiger partial charge on any atom is 1.00 e. The fourth-order valence-electron chi connectivity index (χ4n) is 2.45. The third-order valence-corrected chi connectivity index (χ3v) is 4.63. The third kappa shape index (κ3) is 3.06. The van der Waals surface area contributed by atoms with Gasteiger partial charge < -0.3 is 9.90 Å². The smallest absolute Gasteiger partial charge is 0.549 e. The molecule has 1 aliphatic rings. The van der Waals surface area contributed by atoms with Crippen LogP contribution in [0.5, 0.6) is 0 Å². The first-order valence-electron chi connectivity index (χ1n) is 6.41. The van der Waals surface area contributed by atoms with Crippen molar-refractivity contribution in [3.05, 3.63) is 57.8 Å². The monoisotopic (exact) mass is 346 g/mol. The molecule has 0 N–H and O–H groups in total. The minimum absolute atomic E-state index is 0. The largest absolute Gasteiger partial charge is 1.00 e. The van der Waals surface area contributed by atoms with E-state index in [1.54, 1.807) is 30.3 Å². The van der Waals surface area contributed by atoms with E-state index >= 15 is 0 Å². The number of hydrogen-bond acceptors (Lipinski definition) is 2. The van der Waals surface area contributed by atoms with Gasteiger partial charge in [-0.25, -0.2) is 4.39 Å². The summed E-state index contributed by atoms with van der Waals surface area (Å²) in [6.07, 6.45) is 0.974. The van der Waals surface area contributed by atoms with Crippen molar-refractivity contribution in [3.8, 4) is 11.1 Å². The standard InChI is InChI=1S/C16H11Cl2FO2.Na/c17-12-4-1-9(7-13(12)18)11-3-2-10(8-14(11)19)16(5-6-16)15(20)21;/h1-4,7-8H,5-6H2,(H,20,21);/q;+1/p-1. The average molecular weight is 347 g/mol. The van der Waals surface area contributed by atoms with E-state index < -0.39 is 17.2 Å². The summed E-state index contributed by atoms with van der Waals surface area (Å²) < 4.78 is 14.3. The summed E-state index contributed by atoms with van der Waals surface area (Å²) in [5.41, 5.74) is 0.374. The van der Waals surface area contributed by atoms with Crippen LogP contribution in [0.4, 0.5) is 4.39 Å². The molecule has 0 heterocycles. The van der Waals surface area contributed by atoms with Gasteiger partial charge in [-0.2, -0.15) is 0 Å². The van der Waals surface area contributed by atoms with Crippen molar-refractivity contribution < 1.29 is 43.8 Å². The molecule has 1 fully saturated rings. The Balaban J connectivity index is 0.00000176. The topological polar surface area (TPSA) is 40.1 Å². The zero-order valence-electron chi connectivity index (χ0n) is 11.8. The Kier molecular flexibility index (Phi) is 5.25. The predicted molar refractivity (Wildman–Crippen MR) is 77.8 cm³/mol. The average Bonchev–Trinajstić information content (AvgIpc) is 3.23. The van der Waals surface area contributed by atoms with Crippen molar-refractivity contribution in [3.63, 3.8) is 0 Å². The van der Waals surface area contributed by atoms with Crippen LogP contribution in [0.15, 0.2) is 36.4 Å². The summed E-state index contributed by atoms with van der Waals surface area (Å²) >= 11 is 11.8. The van der Waals surface area contributed by atoms with E-state index in [9.17, 15) is 14.3 Å². The molecule has 0 saturated heterocycles. The quantitative estimate of drug-likeness (QED) is 0.763. The van der Waals surface area contributed by atoms with Crippen LogP contribution < -0.4 is 34.7 Å². The van der Waals surface area contributed by atoms with Crippen LogP contribution in [0.2, 0.25) is 10.0 Å². The van der Waals surface area contributed by atoms with Crippen LogP contribution in [-0.4, -0.2) is 5.97 Å². The van der Waals surface area contributed by atoms with Gasteiger partial charge in [0.05, 0.1) is 16.0 Å². The number of carboxylic acids is 1. The Hall–Kier alpha value is -0.580. The number of carbonyl (C=O) groups excluding carboxylic acids is 1. The van der Waals surface area contributed by atoms with Crippen LogP contribution in [-0.2, 0) is 10.2 Å². The van der Waals surface area contributed by atoms with E-state index in [4.69, 9.17) is 23.2 Å². The molecule has 2 aromatic carbocycles. The summed E-state index contributed by atoms with van der Waals surface area (Å²) in [4.78, 5) is 11.2. The predicted octanol–water partition coefficient (Wildman–Crippen LogP) is 0.585. The normalized spacial score (nSPS) is 15.0. The van der Waals surface area contributed by atoms with Crippen molar-refractivity contribution in [1.82, 2.24) is 0 Å². The Morgan fingerprint density at radius 2 is 1.77 bits per heavy atom. The Bertz CT molecular complexity index is 745. The van der Waals surface area contributed by atoms with E-state index in [0.717, 1.165) is 0 Å². The molecule has 0 bridgehead atoms. The molecular weight excluding hydrogens is 337 g/mol. The first-order chi connectivity index (χ1) is 9.94. The van der Waals surface area contributed by atoms with Crippen LogP contribution in [0.1, 0.15) is 18.4 Å². The van der Waals surface area contributed by atoms with Gasteiger partial charge in [0.2, 0.25) is 0 Å². The Morgan fingerprint density at radius 3 is 2.27 bits per heavy atom. The molecule has 6 heteroatoms. The summed E-state index contributed by atoms with van der Waals surface area (Å²) in [5, 5.41) is 11.9. The maximum absolute atomic E-state index is 14.3. The van der Waals surface area contributed by atoms with E-state index in [2.05, 4.69) is 0 Å². The molecule has 2 nitrogen and oxygen atoms in total. The fourth-order valence-corrected chi connectivity index (χ4v) is 2.74. The van der Waals surface area contributed by atoms with Gasteiger partial charge in [0.15, 0.2) is 0 Å². The molecule has 0 aromatic heterocycles. The first kappa shape index (κ1) is 17.8. The third-order valence-electron chi connectivity index (χ3n) is 3.89. The van der Waals surface area contributed by atoms with Crippen molar-refractivity contribution in [2.45, 2.75) is 18.3 Å². The molecule has 1 saturated carbocycles. The van der Waals surface area contributed by atoms with Gasteiger partial charge in [0.1, 0.15) is 5.82 Å². The summed E-state index contributed by atoms with van der Waals surface area (Å²) in [6.45, 7) is 0. The minimum Gasteiger partial charge on any atom is -0.549 e. The number of aliphatic carboxylic acids is 1. The molecule has 3 rings (SSSR count). The molecular formula is C16H10Cl2FNaO2. The van der Waals surface area contributed by atoms with E-state index in [1.165, 1.54) is 6.07 Å². The van der Waals surface area contributed by atoms with Gasteiger partial charge in [0.25, 0.3) is 0 Å². The van der Waals surface area contributed by atoms with Gasteiger partial charge >= 0.3 is 29.6 Å². The van der Waals surface area contributed by atoms with Crippen LogP contribution in [0.3, 0.4) is 0 Å². The summed E-state index contributed by atoms with van der Waals surface area (Å²) in [5.74, 6) is -1.64. The number of rotatable bonds is 3. The Morgan fingerprint density at radius 1 is 1.09 bits per heavy atom. The van der Waals surface area contributed by atoms with Gasteiger partial charge in [0, 0.05) is 11.0 Å². The van der Waals surface area contributed by atoms with E-state index in [0.29, 0.717) is 39.6 Å². The number of hydrogen-bond donors (Lipinski definition) is 0. The van der Waals surface area contributed by atoms with Gasteiger partial charge in [-0.15, -0.1) is 0 Å². The first-order valence-corrected chi connectivity index (χ1v) is 7.16. The van der Waals surface area contributed by atoms with Crippen molar-refractivity contribution >= 4 is 29.2 Å². The second-order valence-corrected chi connectivity index (χ2v) is 6.01. The molecule has 0 spiro atoms. The molecule has 0 atom stereocenters. The number of carbonyl (C=O) groups is 1. The number of carboxylic acid groups (broad SMARTS) is 1. The van der Waals surface area contributed by atoms with E-state index in [1.807, 2.05) is 0 Å². The molecule has 0 aliphatic heterocycles. The molecule has 108 valence electrons. The molecule has 0 amide bonds. The van der Waals surface area contributed by atoms with Crippen LogP contribution in [0.25, 0.3) is 11.1 Å². The zero-order valence-corrected chi connectivity index (χ0v) is 15.3. The second-order valence-electron chi connectivity index (χ2n) is 5.19. The summed E-state index contributed by atoms with van der Waals surface area (Å²) in [7, 11) is 0. The van der Waals surface area contributed by atoms with Crippen molar-refractivity contribution in [2.75, 3.05) is 0 Å². The number of benzene rings is 2. The molecule has 0 radical (unpaired) electrons. The maximum atomic E-state index is 14.3. The minimum atomic E-state index is -1.15. The molecule has 22 heavy (non-hydrogen) atoms. The van der Waals surface area contributed by atoms with Crippen LogP contribution >= 0.6 is 23.2 Å². The number of halogens is 3. The molecule has 1 aliphatic carbocycles. The fraction of sp³-hybridized carbons (Fsp3) is 0.188. The second kappa shape index (κ2) is 6.50. The van der Waals surface area contributed by atoms with Crippen molar-refractivity contribution in [1.29, 1.82) is 0 Å². The SMILES string of the molecule is O=C([O-])C1(c2ccc(-c3ccc(Cl)c(Cl)c3)c(F)c2)CC1.[Na+]. The zero-order chi connectivity index (χ0) is 15.2.